The number of rotatable bonds is 2. The second-order valence-electron chi connectivity index (χ2n) is 1.11. The average molecular weight is 216 g/mol. The molecule has 0 nitrogen and oxygen atoms in total. The Morgan fingerprint density at radius 2 is 2.29 bits per heavy atom. The number of halogens is 1. The van der Waals surface area contributed by atoms with E-state index in [0.717, 1.165) is 43.1 Å². The Kier molecular flexibility index (Phi) is 7.41. The van der Waals surface area contributed by atoms with E-state index < -0.39 is 0 Å². The van der Waals surface area contributed by atoms with Gasteiger partial charge in [-0.25, -0.2) is 0 Å². The van der Waals surface area contributed by atoms with Crippen LogP contribution in [0.15, 0.2) is 0 Å². The Morgan fingerprint density at radius 3 is 2.71 bits per heavy atom. The maximum absolute atomic E-state index is 5.38. The first-order valence-electron chi connectivity index (χ1n) is 2.16. The van der Waals surface area contributed by atoms with Gasteiger partial charge < -0.3 is 0 Å². The Balaban J connectivity index is 2.78. The summed E-state index contributed by atoms with van der Waals surface area (Å²) in [6.07, 6.45) is 2.01. The Hall–Kier alpha value is 0.720. The van der Waals surface area contributed by atoms with Crippen molar-refractivity contribution in [3.63, 3.8) is 0 Å². The summed E-state index contributed by atoms with van der Waals surface area (Å²) in [6.45, 7) is 0. The zero-order valence-electron chi connectivity index (χ0n) is 4.08. The molecule has 0 fully saturated rings. The first kappa shape index (κ1) is 7.72. The molecule has 0 amide bonds. The fraction of sp³-hybridized carbons (Fsp3) is 0.600. The molecule has 0 heterocycles. The van der Waals surface area contributed by atoms with Crippen molar-refractivity contribution in [2.24, 2.45) is 0 Å². The van der Waals surface area contributed by atoms with Crippen molar-refractivity contribution in [2.45, 2.75) is 12.8 Å². The summed E-state index contributed by atoms with van der Waals surface area (Å²) in [6, 6.07) is 0. The van der Waals surface area contributed by atoms with Crippen molar-refractivity contribution in [3.05, 3.63) is 0 Å². The van der Waals surface area contributed by atoms with Crippen molar-refractivity contribution >= 4 is 36.0 Å². The van der Waals surface area contributed by atoms with Gasteiger partial charge in [0.1, 0.15) is 0 Å². The van der Waals surface area contributed by atoms with E-state index in [9.17, 15) is 0 Å². The molecule has 36 valence electrons. The van der Waals surface area contributed by atoms with Crippen LogP contribution in [0, 0.1) is 9.60 Å². The molecule has 2 heteroatoms. The third kappa shape index (κ3) is 6.72. The second kappa shape index (κ2) is 6.72. The SMILES string of the molecule is ClCCCC#[C][In]. The predicted molar refractivity (Wildman–Crippen MR) is 33.5 cm³/mol. The van der Waals surface area contributed by atoms with E-state index in [-0.39, 0.29) is 0 Å². The van der Waals surface area contributed by atoms with Gasteiger partial charge in [0.05, 0.1) is 0 Å². The predicted octanol–water partition coefficient (Wildman–Crippen LogP) is 1.13. The molecular formula is C5H6ClIn. The second-order valence-corrected chi connectivity index (χ2v) is 2.32. The number of hydrogen-bond acceptors (Lipinski definition) is 0. The van der Waals surface area contributed by atoms with E-state index in [0.29, 0.717) is 0 Å². The third-order valence-electron chi connectivity index (χ3n) is 0.537. The summed E-state index contributed by atoms with van der Waals surface area (Å²) in [5, 5.41) is 0. The molecule has 0 atom stereocenters. The van der Waals surface area contributed by atoms with Gasteiger partial charge in [0, 0.05) is 0 Å². The summed E-state index contributed by atoms with van der Waals surface area (Å²) in [5.41, 5.74) is 0. The van der Waals surface area contributed by atoms with E-state index in [4.69, 9.17) is 11.6 Å². The zero-order chi connectivity index (χ0) is 5.54. The average Bonchev–Trinajstić information content (AvgIpc) is 1.69. The molecule has 7 heavy (non-hydrogen) atoms. The van der Waals surface area contributed by atoms with Crippen LogP contribution in [-0.2, 0) is 0 Å². The van der Waals surface area contributed by atoms with Crippen LogP contribution in [0.25, 0.3) is 0 Å². The van der Waals surface area contributed by atoms with Crippen LogP contribution in [0.1, 0.15) is 12.8 Å². The molecule has 0 bridgehead atoms. The maximum atomic E-state index is 5.38. The van der Waals surface area contributed by atoms with Gasteiger partial charge in [-0.1, -0.05) is 0 Å². The van der Waals surface area contributed by atoms with Gasteiger partial charge in [-0.05, 0) is 0 Å². The molecule has 0 aromatic heterocycles. The van der Waals surface area contributed by atoms with E-state index in [1.807, 2.05) is 0 Å². The van der Waals surface area contributed by atoms with E-state index in [1.54, 1.807) is 0 Å². The molecule has 0 aromatic carbocycles. The quantitative estimate of drug-likeness (QED) is 0.369. The number of unbranched alkanes of at least 4 members (excludes halogenated alkanes) is 1. The van der Waals surface area contributed by atoms with Crippen LogP contribution >= 0.6 is 11.6 Å². The Morgan fingerprint density at radius 1 is 1.57 bits per heavy atom. The van der Waals surface area contributed by atoms with Crippen molar-refractivity contribution in [2.75, 3.05) is 5.88 Å². The molecule has 0 N–H and O–H groups in total. The fourth-order valence-electron chi connectivity index (χ4n) is 0.227. The molecule has 0 aromatic rings. The molecule has 0 rings (SSSR count). The van der Waals surface area contributed by atoms with Crippen LogP contribution in [-0.4, -0.2) is 30.3 Å². The van der Waals surface area contributed by atoms with Crippen LogP contribution in [0.2, 0.25) is 0 Å². The van der Waals surface area contributed by atoms with Crippen molar-refractivity contribution in [3.8, 4) is 9.60 Å². The van der Waals surface area contributed by atoms with Gasteiger partial charge in [-0.2, -0.15) is 0 Å². The van der Waals surface area contributed by atoms with Gasteiger partial charge in [0.2, 0.25) is 0 Å². The molecule has 0 unspecified atom stereocenters. The topological polar surface area (TPSA) is 0 Å². The summed E-state index contributed by atoms with van der Waals surface area (Å²) in [5.74, 6) is 3.72. The van der Waals surface area contributed by atoms with Gasteiger partial charge >= 0.3 is 64.3 Å². The summed E-state index contributed by atoms with van der Waals surface area (Å²) < 4.78 is 2.92. The van der Waals surface area contributed by atoms with Gasteiger partial charge in [0.25, 0.3) is 0 Å². The zero-order valence-corrected chi connectivity index (χ0v) is 8.13. The van der Waals surface area contributed by atoms with Crippen LogP contribution in [0.3, 0.4) is 0 Å². The van der Waals surface area contributed by atoms with Crippen LogP contribution in [0.5, 0.6) is 0 Å². The minimum absolute atomic E-state index is 0.745. The molecule has 0 saturated carbocycles. The molecule has 0 saturated heterocycles. The number of alkyl halides is 1. The van der Waals surface area contributed by atoms with Gasteiger partial charge in [-0.15, -0.1) is 0 Å². The Bertz CT molecular complexity index is 79.8. The number of hydrogen-bond donors (Lipinski definition) is 0. The summed E-state index contributed by atoms with van der Waals surface area (Å²) in [7, 11) is 0. The molecular weight excluding hydrogens is 210 g/mol. The van der Waals surface area contributed by atoms with Crippen molar-refractivity contribution < 1.29 is 0 Å². The van der Waals surface area contributed by atoms with E-state index in [2.05, 4.69) is 9.60 Å². The Labute approximate surface area is 64.2 Å². The van der Waals surface area contributed by atoms with E-state index in [1.165, 1.54) is 0 Å². The van der Waals surface area contributed by atoms with Crippen LogP contribution < -0.4 is 0 Å². The van der Waals surface area contributed by atoms with E-state index >= 15 is 0 Å². The first-order valence-corrected chi connectivity index (χ1v) is 4.34. The molecule has 0 aliphatic rings. The first-order chi connectivity index (χ1) is 3.41. The van der Waals surface area contributed by atoms with Gasteiger partial charge in [-0.3, -0.25) is 0 Å². The molecule has 0 spiro atoms. The summed E-state index contributed by atoms with van der Waals surface area (Å²) >= 11 is 6.44. The van der Waals surface area contributed by atoms with Crippen molar-refractivity contribution in [1.29, 1.82) is 0 Å². The minimum atomic E-state index is 0.745. The molecule has 0 aliphatic heterocycles. The van der Waals surface area contributed by atoms with Crippen LogP contribution in [0.4, 0.5) is 0 Å². The standard InChI is InChI=1S/C5H6Cl.In/c1-2-3-4-5-6;/h3-5H2;. The third-order valence-corrected chi connectivity index (χ3v) is 1.39. The van der Waals surface area contributed by atoms with Gasteiger partial charge in [0.15, 0.2) is 0 Å². The molecule has 0 aliphatic carbocycles. The molecule has 2 radical (unpaired) electrons. The van der Waals surface area contributed by atoms with Crippen molar-refractivity contribution in [1.82, 2.24) is 0 Å². The summed E-state index contributed by atoms with van der Waals surface area (Å²) in [4.78, 5) is 0. The monoisotopic (exact) mass is 216 g/mol. The normalized spacial score (nSPS) is 7.00. The fourth-order valence-corrected chi connectivity index (χ4v) is 0.773.